The first-order valence-corrected chi connectivity index (χ1v) is 33.9. The Balaban J connectivity index is 1.13. The molecular weight excluding hydrogens is 1080 g/mol. The molecule has 1 aromatic heterocycles. The van der Waals surface area contributed by atoms with Gasteiger partial charge in [0, 0.05) is 16.7 Å². The molecule has 0 spiro atoms. The van der Waals surface area contributed by atoms with E-state index in [1.54, 1.807) is 0 Å². The van der Waals surface area contributed by atoms with Crippen LogP contribution in [0, 0.1) is 6.92 Å². The molecule has 0 saturated carbocycles. The zero-order valence-electron chi connectivity index (χ0n) is 48.5. The van der Waals surface area contributed by atoms with Crippen LogP contribution in [0.3, 0.4) is 0 Å². The van der Waals surface area contributed by atoms with Crippen LogP contribution in [0.5, 0.6) is 0 Å². The molecule has 1 heterocycles. The summed E-state index contributed by atoms with van der Waals surface area (Å²) in [6, 6.07) is 133. The van der Waals surface area contributed by atoms with E-state index in [9.17, 15) is 0 Å². The Labute approximate surface area is 513 Å². The second kappa shape index (κ2) is 24.2. The van der Waals surface area contributed by atoms with Gasteiger partial charge < -0.3 is 0 Å². The molecule has 14 aromatic rings. The van der Waals surface area contributed by atoms with Crippen LogP contribution >= 0.6 is 0 Å². The molecule has 2 nitrogen and oxygen atoms in total. The van der Waals surface area contributed by atoms with Crippen LogP contribution in [-0.4, -0.2) is 26.1 Å². The van der Waals surface area contributed by atoms with E-state index in [2.05, 4.69) is 365 Å². The van der Waals surface area contributed by atoms with Gasteiger partial charge in [0.15, 0.2) is 22.0 Å². The summed E-state index contributed by atoms with van der Waals surface area (Å²) in [6.45, 7) is 2.16. The molecule has 14 rings (SSSR count). The van der Waals surface area contributed by atoms with Crippen LogP contribution in [0.15, 0.2) is 358 Å². The van der Waals surface area contributed by atoms with Crippen molar-refractivity contribution in [2.45, 2.75) is 6.92 Å². The maximum atomic E-state index is 5.83. The Hall–Kier alpha value is -10.6. The van der Waals surface area contributed by atoms with Gasteiger partial charge in [0.2, 0.25) is 0 Å². The lowest BCUT2D eigenvalue weighted by molar-refractivity contribution is 1.18. The molecule has 0 aliphatic rings. The Morgan fingerprint density at radius 1 is 0.184 bits per heavy atom. The predicted octanol–water partition coefficient (Wildman–Crippen LogP) is 15.2. The molecule has 0 amide bonds. The highest BCUT2D eigenvalue weighted by Gasteiger charge is 2.46. The Morgan fingerprint density at radius 3 is 0.805 bits per heavy atom. The summed E-state index contributed by atoms with van der Waals surface area (Å²) in [6.07, 6.45) is 0. The lowest BCUT2D eigenvalue weighted by Crippen LogP contribution is -2.78. The molecule has 0 aliphatic carbocycles. The van der Waals surface area contributed by atoms with E-state index in [1.807, 2.05) is 0 Å². The summed E-state index contributed by atoms with van der Waals surface area (Å²) in [5.74, 6) is 0.653. The van der Waals surface area contributed by atoms with Crippen LogP contribution in [0.25, 0.3) is 78.4 Å². The molecule has 0 unspecified atom stereocenters. The van der Waals surface area contributed by atoms with Gasteiger partial charge in [-0.3, -0.25) is 0 Å². The number of aromatic nitrogens is 2. The minimum atomic E-state index is -3.39. The molecule has 0 fully saturated rings. The predicted molar refractivity (Wildman–Crippen MR) is 372 cm³/mol. The van der Waals surface area contributed by atoms with Crippen molar-refractivity contribution in [2.75, 3.05) is 0 Å². The maximum absolute atomic E-state index is 5.83. The third-order valence-corrected chi connectivity index (χ3v) is 26.7. The average molecular weight is 1140 g/mol. The fourth-order valence-electron chi connectivity index (χ4n) is 13.0. The number of nitrogens with zero attached hydrogens (tertiary/aromatic N) is 2. The summed E-state index contributed by atoms with van der Waals surface area (Å²) >= 11 is 0. The molecule has 0 radical (unpaired) electrons. The van der Waals surface area contributed by atoms with Gasteiger partial charge in [0.1, 0.15) is 0 Å². The zero-order valence-corrected chi connectivity index (χ0v) is 50.5. The number of benzene rings is 13. The van der Waals surface area contributed by atoms with Crippen molar-refractivity contribution in [1.82, 2.24) is 9.97 Å². The number of rotatable bonds is 15. The third kappa shape index (κ3) is 10.6. The molecule has 13 aromatic carbocycles. The fraction of sp³-hybridized carbons (Fsp3) is 0.0120. The topological polar surface area (TPSA) is 25.8 Å². The second-order valence-corrected chi connectivity index (χ2v) is 30.1. The quantitative estimate of drug-likeness (QED) is 0.0755. The third-order valence-electron chi connectivity index (χ3n) is 17.2. The molecule has 4 heteroatoms. The molecule has 0 N–H and O–H groups in total. The van der Waals surface area contributed by atoms with E-state index >= 15 is 0 Å². The first-order valence-electron chi connectivity index (χ1n) is 29.9. The van der Waals surface area contributed by atoms with Crippen molar-refractivity contribution in [2.24, 2.45) is 0 Å². The molecule has 87 heavy (non-hydrogen) atoms. The highest BCUT2D eigenvalue weighted by molar-refractivity contribution is 7.22. The highest BCUT2D eigenvalue weighted by Crippen LogP contribution is 2.33. The van der Waals surface area contributed by atoms with E-state index in [0.717, 1.165) is 50.3 Å². The Morgan fingerprint density at radius 2 is 0.448 bits per heavy atom. The minimum absolute atomic E-state index is 0.653. The molecular formula is C83H62N2Si2. The van der Waals surface area contributed by atoms with E-state index in [-0.39, 0.29) is 0 Å². The number of hydrogen-bond donors (Lipinski definition) is 0. The van der Waals surface area contributed by atoms with Gasteiger partial charge >= 0.3 is 0 Å². The zero-order chi connectivity index (χ0) is 58.4. The van der Waals surface area contributed by atoms with Gasteiger partial charge in [-0.2, -0.15) is 0 Å². The van der Waals surface area contributed by atoms with E-state index < -0.39 is 16.1 Å². The maximum Gasteiger partial charge on any atom is 0.179 e. The van der Waals surface area contributed by atoms with E-state index in [1.165, 1.54) is 69.3 Å². The van der Waals surface area contributed by atoms with Crippen LogP contribution in [0.4, 0.5) is 0 Å². The van der Waals surface area contributed by atoms with Crippen LogP contribution < -0.4 is 41.5 Å². The molecule has 0 aliphatic heterocycles. The molecule has 0 bridgehead atoms. The standard InChI is InChI=1S/C83H62N2Si2/c1-61-49-51-65(52-50-61)69-36-26-48-78(56-69)87(75-43-19-7-20-44-75,76-45-21-8-22-46-76)80-58-72(57-79(59-80)86(73-39-15-5-16-40-73,74-41-17-6-18-42-74)77-47-25-35-68(55-77)64-31-13-4-14-32-64)83-84-81(70-37-23-33-66(53-70)62-27-9-2-10-28-62)60-82(85-83)71-38-24-34-67(54-71)63-29-11-3-12-30-63/h2-60H,1H3. The Bertz CT molecular complexity index is 4480. The van der Waals surface area contributed by atoms with Gasteiger partial charge in [-0.05, 0) is 111 Å². The van der Waals surface area contributed by atoms with Crippen molar-refractivity contribution in [3.63, 3.8) is 0 Å². The average Bonchev–Trinajstić information content (AvgIpc) is 1.55. The van der Waals surface area contributed by atoms with Crippen LogP contribution in [-0.2, 0) is 0 Å². The smallest absolute Gasteiger partial charge is 0.179 e. The second-order valence-electron chi connectivity index (χ2n) is 22.5. The molecule has 0 saturated heterocycles. The first-order chi connectivity index (χ1) is 43.0. The monoisotopic (exact) mass is 1140 g/mol. The van der Waals surface area contributed by atoms with Crippen LogP contribution in [0.1, 0.15) is 5.56 Å². The number of hydrogen-bond acceptors (Lipinski definition) is 2. The van der Waals surface area contributed by atoms with Gasteiger partial charge in [-0.1, -0.05) is 345 Å². The fourth-order valence-corrected chi connectivity index (χ4v) is 22.9. The summed E-state index contributed by atoms with van der Waals surface area (Å²) in [4.78, 5) is 11.7. The van der Waals surface area contributed by atoms with E-state index in [0.29, 0.717) is 5.82 Å². The van der Waals surface area contributed by atoms with Crippen molar-refractivity contribution < 1.29 is 0 Å². The van der Waals surface area contributed by atoms with Crippen molar-refractivity contribution in [3.05, 3.63) is 363 Å². The van der Waals surface area contributed by atoms with E-state index in [4.69, 9.17) is 9.97 Å². The summed E-state index contributed by atoms with van der Waals surface area (Å²) in [5, 5.41) is 10.2. The Kier molecular flexibility index (Phi) is 15.1. The number of aryl methyl sites for hydroxylation is 1. The normalized spacial score (nSPS) is 11.5. The van der Waals surface area contributed by atoms with Crippen molar-refractivity contribution >= 4 is 57.6 Å². The van der Waals surface area contributed by atoms with Gasteiger partial charge in [-0.15, -0.1) is 0 Å². The lowest BCUT2D eigenvalue weighted by atomic mass is 9.99. The lowest BCUT2D eigenvalue weighted by Gasteiger charge is -2.38. The van der Waals surface area contributed by atoms with Crippen LogP contribution in [0.2, 0.25) is 0 Å². The minimum Gasteiger partial charge on any atom is -0.228 e. The highest BCUT2D eigenvalue weighted by atomic mass is 28.3. The van der Waals surface area contributed by atoms with Gasteiger partial charge in [-0.25, -0.2) is 9.97 Å². The first kappa shape index (κ1) is 54.3. The van der Waals surface area contributed by atoms with Crippen molar-refractivity contribution in [1.29, 1.82) is 0 Å². The molecule has 412 valence electrons. The molecule has 0 atom stereocenters. The van der Waals surface area contributed by atoms with Gasteiger partial charge in [0.05, 0.1) is 11.4 Å². The van der Waals surface area contributed by atoms with Crippen molar-refractivity contribution in [3.8, 4) is 78.4 Å². The SMILES string of the molecule is Cc1ccc(-c2cccc([Si](c3ccccc3)(c3ccccc3)c3cc(-c4nc(-c5cccc(-c6ccccc6)c5)cc(-c5cccc(-c6ccccc6)c5)n4)cc([Si](c4ccccc4)(c4ccccc4)c4cccc(-c5ccccc5)c4)c3)c2)cc1. The summed E-state index contributed by atoms with van der Waals surface area (Å²) in [7, 11) is -6.78. The summed E-state index contributed by atoms with van der Waals surface area (Å²) < 4.78 is 0. The summed E-state index contributed by atoms with van der Waals surface area (Å²) in [5.41, 5.74) is 15.2. The largest absolute Gasteiger partial charge is 0.228 e. The van der Waals surface area contributed by atoms with Gasteiger partial charge in [0.25, 0.3) is 0 Å².